The van der Waals surface area contributed by atoms with E-state index in [4.69, 9.17) is 5.11 Å². The molecule has 0 aromatic rings. The van der Waals surface area contributed by atoms with E-state index in [0.717, 1.165) is 19.5 Å². The molecule has 5 nitrogen and oxygen atoms in total. The Morgan fingerprint density at radius 2 is 1.76 bits per heavy atom. The Bertz CT molecular complexity index is 252. The SMILES string of the molecule is CC[C@H](C)[C@H](NC(=O)CN(CC)CC)C(=O)O. The Hall–Kier alpha value is -1.10. The third-order valence-electron chi connectivity index (χ3n) is 3.06. The minimum Gasteiger partial charge on any atom is -0.480 e. The third-order valence-corrected chi connectivity index (χ3v) is 3.06. The van der Waals surface area contributed by atoms with Crippen molar-refractivity contribution in [3.8, 4) is 0 Å². The summed E-state index contributed by atoms with van der Waals surface area (Å²) in [5.74, 6) is -1.25. The number of carboxylic acid groups (broad SMARTS) is 1. The number of carboxylic acids is 1. The van der Waals surface area contributed by atoms with Gasteiger partial charge in [0.25, 0.3) is 0 Å². The van der Waals surface area contributed by atoms with Gasteiger partial charge in [0.05, 0.1) is 6.54 Å². The number of carbonyl (C=O) groups excluding carboxylic acids is 1. The molecule has 0 fully saturated rings. The zero-order valence-corrected chi connectivity index (χ0v) is 11.2. The van der Waals surface area contributed by atoms with Crippen LogP contribution in [-0.2, 0) is 9.59 Å². The van der Waals surface area contributed by atoms with Crippen molar-refractivity contribution in [2.45, 2.75) is 40.2 Å². The Kier molecular flexibility index (Phi) is 7.54. The Labute approximate surface area is 103 Å². The van der Waals surface area contributed by atoms with Crippen LogP contribution in [0.5, 0.6) is 0 Å². The van der Waals surface area contributed by atoms with E-state index < -0.39 is 12.0 Å². The van der Waals surface area contributed by atoms with Crippen LogP contribution in [0.25, 0.3) is 0 Å². The first-order chi connectivity index (χ1) is 7.96. The highest BCUT2D eigenvalue weighted by Crippen LogP contribution is 2.07. The molecule has 0 aromatic carbocycles. The van der Waals surface area contributed by atoms with E-state index in [9.17, 15) is 9.59 Å². The average Bonchev–Trinajstić information content (AvgIpc) is 2.31. The topological polar surface area (TPSA) is 69.6 Å². The zero-order valence-electron chi connectivity index (χ0n) is 11.2. The van der Waals surface area contributed by atoms with E-state index in [2.05, 4.69) is 5.32 Å². The van der Waals surface area contributed by atoms with Gasteiger partial charge in [-0.25, -0.2) is 4.79 Å². The average molecular weight is 244 g/mol. The summed E-state index contributed by atoms with van der Waals surface area (Å²) < 4.78 is 0. The normalized spacial score (nSPS) is 14.4. The van der Waals surface area contributed by atoms with Gasteiger partial charge in [-0.3, -0.25) is 9.69 Å². The molecule has 0 rings (SSSR count). The van der Waals surface area contributed by atoms with Crippen LogP contribution < -0.4 is 5.32 Å². The summed E-state index contributed by atoms with van der Waals surface area (Å²) in [6.45, 7) is 9.51. The molecule has 17 heavy (non-hydrogen) atoms. The van der Waals surface area contributed by atoms with Crippen molar-refractivity contribution in [2.75, 3.05) is 19.6 Å². The fourth-order valence-electron chi connectivity index (χ4n) is 1.55. The minimum atomic E-state index is -0.966. The number of aliphatic carboxylic acids is 1. The van der Waals surface area contributed by atoms with Gasteiger partial charge >= 0.3 is 5.97 Å². The summed E-state index contributed by atoms with van der Waals surface area (Å²) >= 11 is 0. The highest BCUT2D eigenvalue weighted by Gasteiger charge is 2.25. The van der Waals surface area contributed by atoms with E-state index in [-0.39, 0.29) is 18.4 Å². The van der Waals surface area contributed by atoms with Crippen LogP contribution in [0.15, 0.2) is 0 Å². The monoisotopic (exact) mass is 244 g/mol. The first kappa shape index (κ1) is 15.9. The van der Waals surface area contributed by atoms with Crippen LogP contribution in [0, 0.1) is 5.92 Å². The Morgan fingerprint density at radius 3 is 2.12 bits per heavy atom. The molecule has 2 atom stereocenters. The molecule has 0 saturated heterocycles. The molecule has 0 spiro atoms. The maximum absolute atomic E-state index is 11.7. The molecule has 0 aliphatic rings. The minimum absolute atomic E-state index is 0.0619. The summed E-state index contributed by atoms with van der Waals surface area (Å²) in [7, 11) is 0. The smallest absolute Gasteiger partial charge is 0.326 e. The fourth-order valence-corrected chi connectivity index (χ4v) is 1.55. The van der Waals surface area contributed by atoms with Gasteiger partial charge in [-0.05, 0) is 19.0 Å². The van der Waals surface area contributed by atoms with Crippen molar-refractivity contribution >= 4 is 11.9 Å². The maximum Gasteiger partial charge on any atom is 0.326 e. The summed E-state index contributed by atoms with van der Waals surface area (Å²) in [5, 5.41) is 11.6. The predicted octanol–water partition coefficient (Wildman–Crippen LogP) is 0.944. The molecule has 0 unspecified atom stereocenters. The first-order valence-corrected chi connectivity index (χ1v) is 6.20. The van der Waals surface area contributed by atoms with E-state index in [1.807, 2.05) is 32.6 Å². The molecule has 0 aliphatic heterocycles. The van der Waals surface area contributed by atoms with Crippen LogP contribution in [0.2, 0.25) is 0 Å². The lowest BCUT2D eigenvalue weighted by atomic mass is 9.99. The summed E-state index contributed by atoms with van der Waals surface area (Å²) in [6.07, 6.45) is 0.725. The summed E-state index contributed by atoms with van der Waals surface area (Å²) in [6, 6.07) is -0.789. The first-order valence-electron chi connectivity index (χ1n) is 6.20. The number of carbonyl (C=O) groups is 2. The van der Waals surface area contributed by atoms with Crippen molar-refractivity contribution < 1.29 is 14.7 Å². The second kappa shape index (κ2) is 8.06. The maximum atomic E-state index is 11.7. The number of nitrogens with zero attached hydrogens (tertiary/aromatic N) is 1. The van der Waals surface area contributed by atoms with E-state index in [1.54, 1.807) is 0 Å². The standard InChI is InChI=1S/C12H24N2O3/c1-5-9(4)11(12(16)17)13-10(15)8-14(6-2)7-3/h9,11H,5-8H2,1-4H3,(H,13,15)(H,16,17)/t9-,11-/m0/s1. The van der Waals surface area contributed by atoms with Crippen LogP contribution in [0.3, 0.4) is 0 Å². The molecule has 0 aromatic heterocycles. The quantitative estimate of drug-likeness (QED) is 0.667. The van der Waals surface area contributed by atoms with Crippen molar-refractivity contribution in [3.63, 3.8) is 0 Å². The van der Waals surface area contributed by atoms with E-state index >= 15 is 0 Å². The molecule has 0 bridgehead atoms. The van der Waals surface area contributed by atoms with Crippen LogP contribution >= 0.6 is 0 Å². The van der Waals surface area contributed by atoms with Gasteiger partial charge in [0.2, 0.25) is 5.91 Å². The lowest BCUT2D eigenvalue weighted by Gasteiger charge is -2.23. The van der Waals surface area contributed by atoms with Gasteiger partial charge in [0, 0.05) is 0 Å². The highest BCUT2D eigenvalue weighted by molar-refractivity contribution is 5.84. The van der Waals surface area contributed by atoms with Gasteiger partial charge in [-0.1, -0.05) is 34.1 Å². The largest absolute Gasteiger partial charge is 0.480 e. The molecule has 0 heterocycles. The van der Waals surface area contributed by atoms with Crippen molar-refractivity contribution in [1.82, 2.24) is 10.2 Å². The molecule has 0 radical (unpaired) electrons. The molecule has 1 amide bonds. The van der Waals surface area contributed by atoms with Gasteiger partial charge in [-0.15, -0.1) is 0 Å². The Balaban J connectivity index is 4.36. The Morgan fingerprint density at radius 1 is 1.24 bits per heavy atom. The predicted molar refractivity (Wildman–Crippen MR) is 66.8 cm³/mol. The van der Waals surface area contributed by atoms with E-state index in [1.165, 1.54) is 0 Å². The molecule has 5 heteroatoms. The van der Waals surface area contributed by atoms with Crippen LogP contribution in [0.1, 0.15) is 34.1 Å². The number of amides is 1. The molecule has 100 valence electrons. The van der Waals surface area contributed by atoms with Crippen molar-refractivity contribution in [3.05, 3.63) is 0 Å². The van der Waals surface area contributed by atoms with Crippen molar-refractivity contribution in [2.24, 2.45) is 5.92 Å². The number of hydrogen-bond donors (Lipinski definition) is 2. The molecule has 0 aliphatic carbocycles. The lowest BCUT2D eigenvalue weighted by Crippen LogP contribution is -2.48. The zero-order chi connectivity index (χ0) is 13.4. The molecular weight excluding hydrogens is 220 g/mol. The third kappa shape index (κ3) is 5.68. The number of likely N-dealkylation sites (N-methyl/N-ethyl adjacent to an activating group) is 1. The van der Waals surface area contributed by atoms with Gasteiger partial charge < -0.3 is 10.4 Å². The number of hydrogen-bond acceptors (Lipinski definition) is 3. The summed E-state index contributed by atoms with van der Waals surface area (Å²) in [4.78, 5) is 24.7. The van der Waals surface area contributed by atoms with Gasteiger partial charge in [-0.2, -0.15) is 0 Å². The highest BCUT2D eigenvalue weighted by atomic mass is 16.4. The number of rotatable bonds is 8. The number of nitrogens with one attached hydrogen (secondary N) is 1. The second-order valence-electron chi connectivity index (χ2n) is 4.23. The fraction of sp³-hybridized carbons (Fsp3) is 0.833. The van der Waals surface area contributed by atoms with Crippen LogP contribution in [0.4, 0.5) is 0 Å². The van der Waals surface area contributed by atoms with Crippen LogP contribution in [-0.4, -0.2) is 47.6 Å². The molecule has 0 saturated carbocycles. The lowest BCUT2D eigenvalue weighted by molar-refractivity contribution is -0.143. The molecular formula is C12H24N2O3. The molecule has 2 N–H and O–H groups in total. The van der Waals surface area contributed by atoms with Gasteiger partial charge in [0.1, 0.15) is 6.04 Å². The van der Waals surface area contributed by atoms with Crippen molar-refractivity contribution in [1.29, 1.82) is 0 Å². The van der Waals surface area contributed by atoms with Gasteiger partial charge in [0.15, 0.2) is 0 Å². The van der Waals surface area contributed by atoms with E-state index in [0.29, 0.717) is 0 Å². The second-order valence-corrected chi connectivity index (χ2v) is 4.23. The summed E-state index contributed by atoms with van der Waals surface area (Å²) in [5.41, 5.74) is 0.